The van der Waals surface area contributed by atoms with Crippen molar-refractivity contribution in [3.8, 4) is 10.7 Å². The van der Waals surface area contributed by atoms with Crippen LogP contribution in [0.25, 0.3) is 10.7 Å². The fraction of sp³-hybridized carbons (Fsp3) is 0.188. The van der Waals surface area contributed by atoms with Crippen molar-refractivity contribution >= 4 is 34.7 Å². The lowest BCUT2D eigenvalue weighted by Crippen LogP contribution is -2.24. The number of aromatic nitrogens is 3. The second-order valence-corrected chi connectivity index (χ2v) is 7.74. The van der Waals surface area contributed by atoms with Crippen molar-refractivity contribution in [1.29, 1.82) is 0 Å². The fourth-order valence-corrected chi connectivity index (χ4v) is 3.64. The van der Waals surface area contributed by atoms with Gasteiger partial charge in [-0.2, -0.15) is 13.2 Å². The number of nitrogens with two attached hydrogens (primary N) is 1. The number of rotatable bonds is 5. The molecule has 0 spiro atoms. The van der Waals surface area contributed by atoms with E-state index in [1.165, 1.54) is 28.1 Å². The fourth-order valence-electron chi connectivity index (χ4n) is 2.16. The molecule has 1 unspecified atom stereocenters. The first kappa shape index (κ1) is 19.2. The highest BCUT2D eigenvalue weighted by atomic mass is 32.2. The van der Waals surface area contributed by atoms with E-state index in [4.69, 9.17) is 5.84 Å². The maximum absolute atomic E-state index is 12.8. The second-order valence-electron chi connectivity index (χ2n) is 5.48. The number of amides is 1. The van der Waals surface area contributed by atoms with Gasteiger partial charge in [0.25, 0.3) is 0 Å². The van der Waals surface area contributed by atoms with E-state index in [0.29, 0.717) is 11.0 Å². The summed E-state index contributed by atoms with van der Waals surface area (Å²) in [6.45, 7) is 1.60. The predicted octanol–water partition coefficient (Wildman–Crippen LogP) is 3.86. The molecule has 1 amide bonds. The summed E-state index contributed by atoms with van der Waals surface area (Å²) >= 11 is 2.51. The molecule has 11 heteroatoms. The number of nitrogens with one attached hydrogen (secondary N) is 1. The molecule has 3 rings (SSSR count). The highest BCUT2D eigenvalue weighted by Crippen LogP contribution is 2.31. The number of alkyl halides is 3. The summed E-state index contributed by atoms with van der Waals surface area (Å²) in [6, 6.07) is 8.15. The van der Waals surface area contributed by atoms with Gasteiger partial charge in [-0.15, -0.1) is 21.5 Å². The first-order valence-electron chi connectivity index (χ1n) is 7.65. The third kappa shape index (κ3) is 4.42. The van der Waals surface area contributed by atoms with Crippen LogP contribution in [0.2, 0.25) is 0 Å². The molecule has 1 atom stereocenters. The highest BCUT2D eigenvalue weighted by molar-refractivity contribution is 8.00. The molecular formula is C16H14F3N5OS2. The van der Waals surface area contributed by atoms with Crippen molar-refractivity contribution in [2.24, 2.45) is 0 Å². The van der Waals surface area contributed by atoms with Gasteiger partial charge in [-0.05, 0) is 36.6 Å². The van der Waals surface area contributed by atoms with E-state index >= 15 is 0 Å². The molecule has 0 aliphatic rings. The molecule has 27 heavy (non-hydrogen) atoms. The number of nitrogens with zero attached hydrogens (tertiary/aromatic N) is 3. The molecule has 0 fully saturated rings. The minimum atomic E-state index is -4.48. The van der Waals surface area contributed by atoms with Crippen LogP contribution < -0.4 is 11.2 Å². The van der Waals surface area contributed by atoms with Crippen molar-refractivity contribution in [2.75, 3.05) is 11.2 Å². The third-order valence-electron chi connectivity index (χ3n) is 3.51. The molecule has 2 aromatic heterocycles. The van der Waals surface area contributed by atoms with Gasteiger partial charge in [0, 0.05) is 5.69 Å². The summed E-state index contributed by atoms with van der Waals surface area (Å²) in [5, 5.41) is 12.0. The molecule has 0 radical (unpaired) electrons. The normalized spacial score (nSPS) is 12.7. The van der Waals surface area contributed by atoms with Crippen LogP contribution >= 0.6 is 23.1 Å². The molecule has 2 heterocycles. The molecule has 3 aromatic rings. The van der Waals surface area contributed by atoms with Gasteiger partial charge < -0.3 is 11.2 Å². The Morgan fingerprint density at radius 1 is 1.30 bits per heavy atom. The monoisotopic (exact) mass is 413 g/mol. The number of hydrogen-bond donors (Lipinski definition) is 2. The van der Waals surface area contributed by atoms with Crippen LogP contribution in [-0.2, 0) is 11.0 Å². The smallest absolute Gasteiger partial charge is 0.335 e. The predicted molar refractivity (Wildman–Crippen MR) is 98.9 cm³/mol. The van der Waals surface area contributed by atoms with E-state index in [9.17, 15) is 18.0 Å². The maximum atomic E-state index is 12.8. The molecule has 0 saturated heterocycles. The van der Waals surface area contributed by atoms with Gasteiger partial charge in [0.05, 0.1) is 15.7 Å². The number of halogens is 3. The van der Waals surface area contributed by atoms with Crippen LogP contribution in [0.3, 0.4) is 0 Å². The minimum Gasteiger partial charge on any atom is -0.335 e. The highest BCUT2D eigenvalue weighted by Gasteiger charge is 2.30. The molecule has 1 aromatic carbocycles. The van der Waals surface area contributed by atoms with Crippen molar-refractivity contribution in [3.63, 3.8) is 0 Å². The Morgan fingerprint density at radius 3 is 2.74 bits per heavy atom. The Bertz CT molecular complexity index is 940. The summed E-state index contributed by atoms with van der Waals surface area (Å²) in [5.74, 6) is 5.98. The summed E-state index contributed by atoms with van der Waals surface area (Å²) in [7, 11) is 0. The van der Waals surface area contributed by atoms with Crippen molar-refractivity contribution in [2.45, 2.75) is 23.5 Å². The van der Waals surface area contributed by atoms with Gasteiger partial charge in [-0.25, -0.2) is 4.68 Å². The Labute approximate surface area is 160 Å². The zero-order chi connectivity index (χ0) is 19.6. The van der Waals surface area contributed by atoms with Gasteiger partial charge >= 0.3 is 6.18 Å². The van der Waals surface area contributed by atoms with Gasteiger partial charge in [0.2, 0.25) is 11.1 Å². The van der Waals surface area contributed by atoms with E-state index < -0.39 is 22.9 Å². The van der Waals surface area contributed by atoms with Gasteiger partial charge in [-0.3, -0.25) is 4.79 Å². The van der Waals surface area contributed by atoms with E-state index in [1.807, 2.05) is 17.5 Å². The summed E-state index contributed by atoms with van der Waals surface area (Å²) in [5.41, 5.74) is -0.765. The Kier molecular flexibility index (Phi) is 5.42. The number of carbonyl (C=O) groups excluding carboxylic acids is 1. The van der Waals surface area contributed by atoms with Gasteiger partial charge in [-0.1, -0.05) is 23.9 Å². The number of benzene rings is 1. The Hall–Kier alpha value is -2.53. The van der Waals surface area contributed by atoms with Crippen molar-refractivity contribution < 1.29 is 18.0 Å². The lowest BCUT2D eigenvalue weighted by Gasteiger charge is -2.13. The zero-order valence-corrected chi connectivity index (χ0v) is 15.5. The first-order chi connectivity index (χ1) is 12.8. The van der Waals surface area contributed by atoms with Gasteiger partial charge in [0.1, 0.15) is 0 Å². The number of thiophene rings is 1. The molecule has 142 valence electrons. The van der Waals surface area contributed by atoms with E-state index in [-0.39, 0.29) is 5.69 Å². The van der Waals surface area contributed by atoms with Crippen molar-refractivity contribution in [3.05, 3.63) is 47.3 Å². The van der Waals surface area contributed by atoms with E-state index in [0.717, 1.165) is 28.8 Å². The van der Waals surface area contributed by atoms with E-state index in [2.05, 4.69) is 15.5 Å². The summed E-state index contributed by atoms with van der Waals surface area (Å²) in [4.78, 5) is 13.1. The summed E-state index contributed by atoms with van der Waals surface area (Å²) in [6.07, 6.45) is -4.48. The van der Waals surface area contributed by atoms with Gasteiger partial charge in [0.15, 0.2) is 5.82 Å². The molecule has 0 bridgehead atoms. The van der Waals surface area contributed by atoms with Crippen LogP contribution in [0.15, 0.2) is 46.9 Å². The Morgan fingerprint density at radius 2 is 2.07 bits per heavy atom. The molecule has 6 nitrogen and oxygen atoms in total. The molecule has 3 N–H and O–H groups in total. The standard InChI is InChI=1S/C16H14F3N5OS2/c1-9(14(25)21-11-5-2-4-10(8-11)16(17,18)19)27-15-23-22-13(24(15)20)12-6-3-7-26-12/h2-9H,20H2,1H3,(H,21,25). The molecule has 0 aliphatic carbocycles. The molecule has 0 saturated carbocycles. The lowest BCUT2D eigenvalue weighted by molar-refractivity contribution is -0.137. The summed E-state index contributed by atoms with van der Waals surface area (Å²) < 4.78 is 39.6. The van der Waals surface area contributed by atoms with E-state index in [1.54, 1.807) is 6.92 Å². The van der Waals surface area contributed by atoms with Crippen LogP contribution in [0.1, 0.15) is 12.5 Å². The lowest BCUT2D eigenvalue weighted by atomic mass is 10.2. The van der Waals surface area contributed by atoms with Crippen LogP contribution in [0, 0.1) is 0 Å². The number of hydrogen-bond acceptors (Lipinski definition) is 6. The molecular weight excluding hydrogens is 399 g/mol. The molecule has 0 aliphatic heterocycles. The third-order valence-corrected chi connectivity index (χ3v) is 5.44. The van der Waals surface area contributed by atoms with Crippen LogP contribution in [0.4, 0.5) is 18.9 Å². The SMILES string of the molecule is CC(Sc1nnc(-c2cccs2)n1N)C(=O)Nc1cccc(C(F)(F)F)c1. The zero-order valence-electron chi connectivity index (χ0n) is 13.9. The number of carbonyl (C=O) groups is 1. The van der Waals surface area contributed by atoms with Crippen LogP contribution in [-0.4, -0.2) is 26.0 Å². The number of nitrogen functional groups attached to an aromatic ring is 1. The largest absolute Gasteiger partial charge is 0.416 e. The quantitative estimate of drug-likeness (QED) is 0.490. The topological polar surface area (TPSA) is 85.8 Å². The maximum Gasteiger partial charge on any atom is 0.416 e. The first-order valence-corrected chi connectivity index (χ1v) is 9.41. The van der Waals surface area contributed by atoms with Crippen LogP contribution in [0.5, 0.6) is 0 Å². The number of thioether (sulfide) groups is 1. The van der Waals surface area contributed by atoms with Crippen molar-refractivity contribution in [1.82, 2.24) is 14.9 Å². The number of anilines is 1. The average Bonchev–Trinajstić information content (AvgIpc) is 3.25. The average molecular weight is 413 g/mol. The minimum absolute atomic E-state index is 0.0655. The second kappa shape index (κ2) is 7.61. The Balaban J connectivity index is 1.68.